The lowest BCUT2D eigenvalue weighted by Gasteiger charge is -2.10. The van der Waals surface area contributed by atoms with E-state index in [4.69, 9.17) is 15.6 Å². The third kappa shape index (κ3) is 4.55. The van der Waals surface area contributed by atoms with Crippen LogP contribution in [0.15, 0.2) is 42.2 Å². The van der Waals surface area contributed by atoms with Crippen LogP contribution < -0.4 is 15.8 Å². The minimum absolute atomic E-state index is 0.0973. The fourth-order valence-electron chi connectivity index (χ4n) is 2.46. The van der Waals surface area contributed by atoms with Crippen LogP contribution in [-0.2, 0) is 20.7 Å². The smallest absolute Gasteiger partial charge is 0.419 e. The van der Waals surface area contributed by atoms with Gasteiger partial charge in [-0.3, -0.25) is 14.9 Å². The maximum Gasteiger partial charge on any atom is 0.419 e. The number of amides is 2. The van der Waals surface area contributed by atoms with Gasteiger partial charge in [0.1, 0.15) is 11.8 Å². The Morgan fingerprint density at radius 2 is 1.86 bits per heavy atom. The van der Waals surface area contributed by atoms with Gasteiger partial charge in [0.25, 0.3) is 5.91 Å². The highest BCUT2D eigenvalue weighted by molar-refractivity contribution is 6.09. The molecule has 0 spiro atoms. The van der Waals surface area contributed by atoms with Gasteiger partial charge in [-0.05, 0) is 42.3 Å². The number of imide groups is 1. The highest BCUT2D eigenvalue weighted by atomic mass is 19.2. The lowest BCUT2D eigenvalue weighted by Crippen LogP contribution is -2.32. The minimum atomic E-state index is -1.30. The summed E-state index contributed by atoms with van der Waals surface area (Å²) in [5.41, 5.74) is 5.77. The molecule has 0 aromatic heterocycles. The Hall–Kier alpha value is -3.79. The molecule has 1 fully saturated rings. The molecule has 1 aliphatic rings. The van der Waals surface area contributed by atoms with Crippen LogP contribution in [0.5, 0.6) is 11.5 Å². The van der Waals surface area contributed by atoms with E-state index in [1.807, 2.05) is 5.32 Å². The van der Waals surface area contributed by atoms with Crippen molar-refractivity contribution in [1.82, 2.24) is 5.32 Å². The van der Waals surface area contributed by atoms with Crippen LogP contribution in [0, 0.1) is 11.6 Å². The Labute approximate surface area is 162 Å². The van der Waals surface area contributed by atoms with Crippen molar-refractivity contribution in [2.24, 2.45) is 5.73 Å². The normalized spacial score (nSPS) is 15.8. The van der Waals surface area contributed by atoms with Crippen LogP contribution in [0.25, 0.3) is 6.08 Å². The number of rotatable bonds is 6. The summed E-state index contributed by atoms with van der Waals surface area (Å²) in [6, 6.07) is 7.26. The first-order valence-corrected chi connectivity index (χ1v) is 8.22. The minimum Gasteiger partial charge on any atom is -0.480 e. The number of carbonyl (C=O) groups excluding carboxylic acids is 2. The van der Waals surface area contributed by atoms with Crippen LogP contribution in [0.4, 0.5) is 13.6 Å². The number of hydrogen-bond acceptors (Lipinski definition) is 6. The highest BCUT2D eigenvalue weighted by Crippen LogP contribution is 2.29. The molecule has 1 atom stereocenters. The molecule has 150 valence electrons. The zero-order valence-corrected chi connectivity index (χ0v) is 14.6. The molecule has 0 radical (unpaired) electrons. The number of aliphatic carboxylic acids is 1. The Kier molecular flexibility index (Phi) is 5.55. The van der Waals surface area contributed by atoms with E-state index in [0.29, 0.717) is 5.56 Å². The van der Waals surface area contributed by atoms with Gasteiger partial charge in [0.2, 0.25) is 5.82 Å². The first kappa shape index (κ1) is 20.0. The quantitative estimate of drug-likeness (QED) is 0.631. The second kappa shape index (κ2) is 8.07. The van der Waals surface area contributed by atoms with Crippen molar-refractivity contribution in [2.45, 2.75) is 12.5 Å². The molecule has 3 rings (SSSR count). The van der Waals surface area contributed by atoms with Crippen LogP contribution in [-0.4, -0.2) is 29.1 Å². The van der Waals surface area contributed by atoms with Crippen molar-refractivity contribution in [3.8, 4) is 11.5 Å². The van der Waals surface area contributed by atoms with Crippen molar-refractivity contribution >= 4 is 24.0 Å². The van der Waals surface area contributed by atoms with Gasteiger partial charge in [-0.25, -0.2) is 9.18 Å². The number of cyclic esters (lactones) is 1. The number of alkyl carbamates (subject to hydrolysis) is 1. The fraction of sp³-hybridized carbons (Fsp3) is 0.105. The molecular weight excluding hydrogens is 390 g/mol. The number of halogens is 2. The predicted octanol–water partition coefficient (Wildman–Crippen LogP) is 2.32. The number of carboxylic acids is 1. The van der Waals surface area contributed by atoms with Crippen molar-refractivity contribution in [3.63, 3.8) is 0 Å². The van der Waals surface area contributed by atoms with E-state index in [2.05, 4.69) is 4.74 Å². The topological polar surface area (TPSA) is 128 Å². The average molecular weight is 404 g/mol. The maximum atomic E-state index is 14.3. The zero-order chi connectivity index (χ0) is 21.1. The summed E-state index contributed by atoms with van der Waals surface area (Å²) < 4.78 is 38.5. The Bertz CT molecular complexity index is 1020. The van der Waals surface area contributed by atoms with Gasteiger partial charge in [-0.15, -0.1) is 0 Å². The number of benzene rings is 2. The third-order valence-corrected chi connectivity index (χ3v) is 3.93. The van der Waals surface area contributed by atoms with Crippen LogP contribution in [0.2, 0.25) is 0 Å². The molecule has 1 unspecified atom stereocenters. The number of nitrogens with one attached hydrogen (secondary N) is 1. The number of ether oxygens (including phenoxy) is 2. The molecule has 29 heavy (non-hydrogen) atoms. The monoisotopic (exact) mass is 404 g/mol. The number of carbonyl (C=O) groups is 3. The average Bonchev–Trinajstić information content (AvgIpc) is 2.99. The molecule has 2 aromatic carbocycles. The number of nitrogens with two attached hydrogens (primary N) is 1. The molecule has 10 heteroatoms. The van der Waals surface area contributed by atoms with Crippen molar-refractivity contribution < 1.29 is 37.7 Å². The summed E-state index contributed by atoms with van der Waals surface area (Å²) in [5.74, 6) is -5.28. The summed E-state index contributed by atoms with van der Waals surface area (Å²) in [7, 11) is 0. The van der Waals surface area contributed by atoms with Crippen LogP contribution >= 0.6 is 0 Å². The van der Waals surface area contributed by atoms with Gasteiger partial charge in [0, 0.05) is 5.56 Å². The Balaban J connectivity index is 1.76. The molecule has 1 heterocycles. The molecule has 4 N–H and O–H groups in total. The van der Waals surface area contributed by atoms with Crippen LogP contribution in [0.3, 0.4) is 0 Å². The van der Waals surface area contributed by atoms with E-state index in [9.17, 15) is 23.2 Å². The van der Waals surface area contributed by atoms with Gasteiger partial charge in [-0.1, -0.05) is 12.1 Å². The number of carboxylic acid groups (broad SMARTS) is 1. The van der Waals surface area contributed by atoms with Crippen molar-refractivity contribution in [1.29, 1.82) is 0 Å². The predicted molar refractivity (Wildman–Crippen MR) is 94.8 cm³/mol. The Morgan fingerprint density at radius 1 is 1.17 bits per heavy atom. The molecule has 1 aliphatic heterocycles. The van der Waals surface area contributed by atoms with E-state index >= 15 is 0 Å². The van der Waals surface area contributed by atoms with Crippen LogP contribution in [0.1, 0.15) is 11.1 Å². The van der Waals surface area contributed by atoms with Crippen molar-refractivity contribution in [2.75, 3.05) is 0 Å². The summed E-state index contributed by atoms with van der Waals surface area (Å²) in [6.07, 6.45) is -0.0157. The number of hydrogen-bond donors (Lipinski definition) is 3. The molecule has 8 nitrogen and oxygen atoms in total. The van der Waals surface area contributed by atoms with Gasteiger partial charge >= 0.3 is 12.1 Å². The van der Waals surface area contributed by atoms with E-state index in [1.165, 1.54) is 12.1 Å². The third-order valence-electron chi connectivity index (χ3n) is 3.93. The molecule has 0 saturated carbocycles. The largest absolute Gasteiger partial charge is 0.480 e. The summed E-state index contributed by atoms with van der Waals surface area (Å²) in [4.78, 5) is 33.2. The van der Waals surface area contributed by atoms with Gasteiger partial charge in [0.15, 0.2) is 17.3 Å². The summed E-state index contributed by atoms with van der Waals surface area (Å²) >= 11 is 0. The molecule has 2 amide bonds. The first-order chi connectivity index (χ1) is 13.7. The van der Waals surface area contributed by atoms with E-state index < -0.39 is 47.2 Å². The molecular formula is C19H14F2N2O6. The molecule has 0 aliphatic carbocycles. The van der Waals surface area contributed by atoms with Gasteiger partial charge in [-0.2, -0.15) is 4.39 Å². The molecule has 1 saturated heterocycles. The second-order valence-corrected chi connectivity index (χ2v) is 6.03. The van der Waals surface area contributed by atoms with Gasteiger partial charge in [0.05, 0.1) is 0 Å². The van der Waals surface area contributed by atoms with E-state index in [0.717, 1.165) is 18.2 Å². The molecule has 0 bridgehead atoms. The van der Waals surface area contributed by atoms with E-state index in [-0.39, 0.29) is 17.7 Å². The van der Waals surface area contributed by atoms with Crippen molar-refractivity contribution in [3.05, 3.63) is 64.9 Å². The van der Waals surface area contributed by atoms with Gasteiger partial charge < -0.3 is 20.3 Å². The molecule has 2 aromatic rings. The van der Waals surface area contributed by atoms with E-state index in [1.54, 1.807) is 12.1 Å². The first-order valence-electron chi connectivity index (χ1n) is 8.22. The standard InChI is InChI=1S/C19H14F2N2O6/c20-15-10(8-14-17(24)23-19(27)29-14)3-6-13(16(15)21)28-11-4-1-9(2-5-11)7-12(22)18(25)26/h1-6,8,12H,7,22H2,(H,25,26)(H,23,24,27)/b14-8-. The summed E-state index contributed by atoms with van der Waals surface area (Å²) in [5, 5.41) is 10.6. The maximum absolute atomic E-state index is 14.3. The highest BCUT2D eigenvalue weighted by Gasteiger charge is 2.27. The zero-order valence-electron chi connectivity index (χ0n) is 14.6. The lowest BCUT2D eigenvalue weighted by molar-refractivity contribution is -0.138. The lowest BCUT2D eigenvalue weighted by atomic mass is 10.1. The Morgan fingerprint density at radius 3 is 2.45 bits per heavy atom. The summed E-state index contributed by atoms with van der Waals surface area (Å²) in [6.45, 7) is 0. The fourth-order valence-corrected chi connectivity index (χ4v) is 2.46. The SMILES string of the molecule is NC(Cc1ccc(Oc2ccc(/C=C3\OC(=O)NC3=O)c(F)c2F)cc1)C(=O)O. The second-order valence-electron chi connectivity index (χ2n) is 6.03.